The summed E-state index contributed by atoms with van der Waals surface area (Å²) in [4.78, 5) is 0. The first kappa shape index (κ1) is 11.9. The van der Waals surface area contributed by atoms with E-state index in [1.807, 2.05) is 23.0 Å². The molecule has 0 aromatic carbocycles. The third-order valence-electron chi connectivity index (χ3n) is 2.60. The highest BCUT2D eigenvalue weighted by molar-refractivity contribution is 5.03. The van der Waals surface area contributed by atoms with Crippen LogP contribution in [0.5, 0.6) is 0 Å². The lowest BCUT2D eigenvalue weighted by molar-refractivity contribution is 0.499. The number of furan rings is 1. The van der Waals surface area contributed by atoms with Crippen LogP contribution in [0.2, 0.25) is 0 Å². The average Bonchev–Trinajstić information content (AvgIpc) is 2.96. The van der Waals surface area contributed by atoms with Crippen LogP contribution in [0.15, 0.2) is 35.2 Å². The van der Waals surface area contributed by atoms with Crippen LogP contribution in [0.4, 0.5) is 0 Å². The summed E-state index contributed by atoms with van der Waals surface area (Å²) in [5.41, 5.74) is 1.23. The van der Waals surface area contributed by atoms with Crippen molar-refractivity contribution in [2.24, 2.45) is 0 Å². The Morgan fingerprint density at radius 1 is 1.47 bits per heavy atom. The molecule has 0 spiro atoms. The van der Waals surface area contributed by atoms with Gasteiger partial charge in [-0.1, -0.05) is 6.92 Å². The van der Waals surface area contributed by atoms with Crippen molar-refractivity contribution in [1.82, 2.24) is 15.1 Å². The summed E-state index contributed by atoms with van der Waals surface area (Å²) in [7, 11) is 0. The quantitative estimate of drug-likeness (QED) is 0.746. The van der Waals surface area contributed by atoms with Crippen molar-refractivity contribution in [3.05, 3.63) is 42.1 Å². The van der Waals surface area contributed by atoms with Gasteiger partial charge in [0.15, 0.2) is 0 Å². The maximum absolute atomic E-state index is 5.27. The molecule has 0 unspecified atom stereocenters. The van der Waals surface area contributed by atoms with Crippen molar-refractivity contribution in [2.45, 2.75) is 32.9 Å². The maximum atomic E-state index is 5.27. The Labute approximate surface area is 102 Å². The van der Waals surface area contributed by atoms with Crippen molar-refractivity contribution < 1.29 is 4.42 Å². The molecule has 1 N–H and O–H groups in total. The van der Waals surface area contributed by atoms with Crippen molar-refractivity contribution in [2.75, 3.05) is 6.54 Å². The van der Waals surface area contributed by atoms with E-state index in [9.17, 15) is 0 Å². The number of hydrogen-bond acceptors (Lipinski definition) is 3. The predicted molar refractivity (Wildman–Crippen MR) is 66.6 cm³/mol. The molecule has 2 aromatic rings. The fraction of sp³-hybridized carbons (Fsp3) is 0.462. The Kier molecular flexibility index (Phi) is 4.38. The first-order valence-corrected chi connectivity index (χ1v) is 6.13. The molecule has 0 saturated heterocycles. The van der Waals surface area contributed by atoms with Gasteiger partial charge >= 0.3 is 0 Å². The van der Waals surface area contributed by atoms with Gasteiger partial charge in [-0.2, -0.15) is 5.10 Å². The molecule has 0 bridgehead atoms. The third-order valence-corrected chi connectivity index (χ3v) is 2.60. The van der Waals surface area contributed by atoms with Gasteiger partial charge in [-0.15, -0.1) is 0 Å². The van der Waals surface area contributed by atoms with E-state index in [-0.39, 0.29) is 0 Å². The van der Waals surface area contributed by atoms with Gasteiger partial charge in [0.05, 0.1) is 12.5 Å². The van der Waals surface area contributed by atoms with Gasteiger partial charge in [-0.05, 0) is 18.6 Å². The molecule has 4 nitrogen and oxygen atoms in total. The van der Waals surface area contributed by atoms with Crippen LogP contribution in [0.3, 0.4) is 0 Å². The lowest BCUT2D eigenvalue weighted by Gasteiger charge is -2.00. The van der Waals surface area contributed by atoms with Crippen LogP contribution in [-0.2, 0) is 19.5 Å². The maximum Gasteiger partial charge on any atom is 0.105 e. The van der Waals surface area contributed by atoms with E-state index in [4.69, 9.17) is 4.42 Å². The largest absolute Gasteiger partial charge is 0.469 e. The molecule has 0 atom stereocenters. The number of rotatable bonds is 7. The van der Waals surface area contributed by atoms with Crippen molar-refractivity contribution in [1.29, 1.82) is 0 Å². The van der Waals surface area contributed by atoms with Gasteiger partial charge in [0.2, 0.25) is 0 Å². The van der Waals surface area contributed by atoms with Crippen molar-refractivity contribution in [3.8, 4) is 0 Å². The molecule has 92 valence electrons. The molecular formula is C13H19N3O. The van der Waals surface area contributed by atoms with Crippen LogP contribution in [0.25, 0.3) is 0 Å². The Balaban J connectivity index is 1.67. The zero-order valence-corrected chi connectivity index (χ0v) is 10.2. The molecule has 17 heavy (non-hydrogen) atoms. The van der Waals surface area contributed by atoms with E-state index in [0.717, 1.165) is 38.2 Å². The highest BCUT2D eigenvalue weighted by atomic mass is 16.3. The fourth-order valence-electron chi connectivity index (χ4n) is 1.75. The second kappa shape index (κ2) is 6.25. The number of hydrogen-bond donors (Lipinski definition) is 1. The highest BCUT2D eigenvalue weighted by Crippen LogP contribution is 2.01. The normalized spacial score (nSPS) is 10.9. The molecule has 0 aliphatic carbocycles. The van der Waals surface area contributed by atoms with Crippen LogP contribution in [0.1, 0.15) is 24.7 Å². The van der Waals surface area contributed by atoms with Gasteiger partial charge in [0.25, 0.3) is 0 Å². The van der Waals surface area contributed by atoms with Gasteiger partial charge in [-0.3, -0.25) is 4.68 Å². The molecule has 0 amide bonds. The summed E-state index contributed by atoms with van der Waals surface area (Å²) in [6.07, 6.45) is 7.78. The topological polar surface area (TPSA) is 43.0 Å². The van der Waals surface area contributed by atoms with E-state index in [1.165, 1.54) is 5.56 Å². The monoisotopic (exact) mass is 233 g/mol. The molecule has 2 aromatic heterocycles. The SMILES string of the molecule is CCCn1cc(CNCCc2ccco2)cn1. The van der Waals surface area contributed by atoms with Crippen LogP contribution < -0.4 is 5.32 Å². The summed E-state index contributed by atoms with van der Waals surface area (Å²) in [5, 5.41) is 7.67. The molecule has 0 aliphatic rings. The number of nitrogens with one attached hydrogen (secondary N) is 1. The summed E-state index contributed by atoms with van der Waals surface area (Å²) >= 11 is 0. The predicted octanol–water partition coefficient (Wildman–Crippen LogP) is 2.22. The van der Waals surface area contributed by atoms with E-state index >= 15 is 0 Å². The van der Waals surface area contributed by atoms with Gasteiger partial charge in [-0.25, -0.2) is 0 Å². The zero-order chi connectivity index (χ0) is 11.9. The number of aryl methyl sites for hydroxylation is 1. The Hall–Kier alpha value is -1.55. The summed E-state index contributed by atoms with van der Waals surface area (Å²) in [5.74, 6) is 1.03. The lowest BCUT2D eigenvalue weighted by Crippen LogP contribution is -2.16. The van der Waals surface area contributed by atoms with Crippen LogP contribution in [0, 0.1) is 0 Å². The minimum absolute atomic E-state index is 0.865. The molecule has 2 heterocycles. The van der Waals surface area contributed by atoms with Gasteiger partial charge in [0.1, 0.15) is 5.76 Å². The molecule has 0 aliphatic heterocycles. The smallest absolute Gasteiger partial charge is 0.105 e. The minimum Gasteiger partial charge on any atom is -0.469 e. The van der Waals surface area contributed by atoms with Crippen LogP contribution >= 0.6 is 0 Å². The molecule has 0 radical (unpaired) electrons. The molecular weight excluding hydrogens is 214 g/mol. The first-order chi connectivity index (χ1) is 8.38. The fourth-order valence-corrected chi connectivity index (χ4v) is 1.75. The summed E-state index contributed by atoms with van der Waals surface area (Å²) < 4.78 is 7.25. The standard InChI is InChI=1S/C13H19N3O/c1-2-7-16-11-12(10-15-16)9-14-6-5-13-4-3-8-17-13/h3-4,8,10-11,14H,2,5-7,9H2,1H3. The second-order valence-corrected chi connectivity index (χ2v) is 4.12. The van der Waals surface area contributed by atoms with Crippen molar-refractivity contribution >= 4 is 0 Å². The number of nitrogens with zero attached hydrogens (tertiary/aromatic N) is 2. The summed E-state index contributed by atoms with van der Waals surface area (Å²) in [6, 6.07) is 3.92. The molecule has 4 heteroatoms. The highest BCUT2D eigenvalue weighted by Gasteiger charge is 1.98. The molecule has 2 rings (SSSR count). The first-order valence-electron chi connectivity index (χ1n) is 6.13. The van der Waals surface area contributed by atoms with Gasteiger partial charge in [0, 0.05) is 37.8 Å². The van der Waals surface area contributed by atoms with E-state index in [1.54, 1.807) is 6.26 Å². The van der Waals surface area contributed by atoms with Crippen LogP contribution in [-0.4, -0.2) is 16.3 Å². The lowest BCUT2D eigenvalue weighted by atomic mass is 10.3. The van der Waals surface area contributed by atoms with Crippen molar-refractivity contribution in [3.63, 3.8) is 0 Å². The van der Waals surface area contributed by atoms with Gasteiger partial charge < -0.3 is 9.73 Å². The van der Waals surface area contributed by atoms with E-state index in [2.05, 4.69) is 23.5 Å². The third kappa shape index (κ3) is 3.75. The summed E-state index contributed by atoms with van der Waals surface area (Å²) in [6.45, 7) is 4.94. The Bertz CT molecular complexity index is 420. The number of aromatic nitrogens is 2. The second-order valence-electron chi connectivity index (χ2n) is 4.12. The Morgan fingerprint density at radius 3 is 3.18 bits per heavy atom. The van der Waals surface area contributed by atoms with E-state index < -0.39 is 0 Å². The zero-order valence-electron chi connectivity index (χ0n) is 10.2. The minimum atomic E-state index is 0.865. The molecule has 0 fully saturated rings. The van der Waals surface area contributed by atoms with E-state index in [0.29, 0.717) is 0 Å². The Morgan fingerprint density at radius 2 is 2.41 bits per heavy atom. The molecule has 0 saturated carbocycles. The average molecular weight is 233 g/mol.